The van der Waals surface area contributed by atoms with Gasteiger partial charge in [0, 0.05) is 5.56 Å². The van der Waals surface area contributed by atoms with Gasteiger partial charge in [0.2, 0.25) is 0 Å². The van der Waals surface area contributed by atoms with Crippen molar-refractivity contribution in [3.05, 3.63) is 22.7 Å². The fourth-order valence-corrected chi connectivity index (χ4v) is 1.67. The molecule has 8 heteroatoms. The van der Waals surface area contributed by atoms with Crippen molar-refractivity contribution in [3.63, 3.8) is 0 Å². The van der Waals surface area contributed by atoms with Gasteiger partial charge in [-0.05, 0) is 6.07 Å². The Morgan fingerprint density at radius 1 is 1.22 bits per heavy atom. The predicted octanol–water partition coefficient (Wildman–Crippen LogP) is 3.34. The molecule has 0 aliphatic heterocycles. The van der Waals surface area contributed by atoms with Gasteiger partial charge in [-0.2, -0.15) is 13.2 Å². The molecule has 0 spiro atoms. The third-order valence-corrected chi connectivity index (χ3v) is 2.59. The fraction of sp³-hybridized carbons (Fsp3) is 0.400. The first-order chi connectivity index (χ1) is 7.82. The Labute approximate surface area is 113 Å². The predicted molar refractivity (Wildman–Crippen MR) is 64.8 cm³/mol. The Morgan fingerprint density at radius 2 is 1.78 bits per heavy atom. The first-order valence-corrected chi connectivity index (χ1v) is 4.93. The van der Waals surface area contributed by atoms with Crippen molar-refractivity contribution in [2.24, 2.45) is 5.73 Å². The van der Waals surface area contributed by atoms with E-state index in [1.165, 1.54) is 26.4 Å². The highest BCUT2D eigenvalue weighted by Gasteiger charge is 2.39. The van der Waals surface area contributed by atoms with Crippen LogP contribution in [0.15, 0.2) is 12.1 Å². The average molecular weight is 306 g/mol. The topological polar surface area (TPSA) is 44.5 Å². The summed E-state index contributed by atoms with van der Waals surface area (Å²) < 4.78 is 47.2. The summed E-state index contributed by atoms with van der Waals surface area (Å²) in [7, 11) is 2.64. The van der Waals surface area contributed by atoms with E-state index in [1.807, 2.05) is 0 Å². The number of rotatable bonds is 3. The van der Waals surface area contributed by atoms with Crippen LogP contribution in [0.4, 0.5) is 13.2 Å². The number of methoxy groups -OCH3 is 2. The molecule has 0 amide bonds. The van der Waals surface area contributed by atoms with Crippen LogP contribution >= 0.6 is 24.0 Å². The molecular formula is C10H12Cl2F3NO2. The standard InChI is InChI=1S/C10H11ClF3NO2.ClH/c1-16-6-4-3-5(7(11)8(6)17-2)9(15)10(12,13)14;/h3-4,9H,15H2,1-2H3;1H/t9-;/m1./s1. The molecule has 0 radical (unpaired) electrons. The van der Waals surface area contributed by atoms with Gasteiger partial charge in [-0.15, -0.1) is 12.4 Å². The lowest BCUT2D eigenvalue weighted by Gasteiger charge is -2.19. The summed E-state index contributed by atoms with van der Waals surface area (Å²) >= 11 is 5.81. The van der Waals surface area contributed by atoms with Crippen LogP contribution in [-0.4, -0.2) is 20.4 Å². The van der Waals surface area contributed by atoms with E-state index in [9.17, 15) is 13.2 Å². The van der Waals surface area contributed by atoms with Crippen molar-refractivity contribution in [1.82, 2.24) is 0 Å². The minimum Gasteiger partial charge on any atom is -0.493 e. The lowest BCUT2D eigenvalue weighted by atomic mass is 10.1. The van der Waals surface area contributed by atoms with Gasteiger partial charge in [0.15, 0.2) is 11.5 Å². The van der Waals surface area contributed by atoms with Gasteiger partial charge < -0.3 is 15.2 Å². The van der Waals surface area contributed by atoms with E-state index in [4.69, 9.17) is 26.8 Å². The second-order valence-electron chi connectivity index (χ2n) is 3.22. The Morgan fingerprint density at radius 3 is 2.17 bits per heavy atom. The SMILES string of the molecule is COc1ccc([C@@H](N)C(F)(F)F)c(Cl)c1OC.Cl. The minimum atomic E-state index is -4.57. The van der Waals surface area contributed by atoms with E-state index in [-0.39, 0.29) is 34.5 Å². The number of hydrogen-bond acceptors (Lipinski definition) is 3. The lowest BCUT2D eigenvalue weighted by molar-refractivity contribution is -0.149. The van der Waals surface area contributed by atoms with Crippen molar-refractivity contribution in [1.29, 1.82) is 0 Å². The van der Waals surface area contributed by atoms with Gasteiger partial charge in [0.05, 0.1) is 19.2 Å². The molecule has 0 saturated carbocycles. The Balaban J connectivity index is 0.00000289. The highest BCUT2D eigenvalue weighted by Crippen LogP contribution is 2.42. The van der Waals surface area contributed by atoms with Crippen LogP contribution in [-0.2, 0) is 0 Å². The zero-order valence-electron chi connectivity index (χ0n) is 9.55. The molecule has 104 valence electrons. The molecule has 0 fully saturated rings. The maximum atomic E-state index is 12.5. The fourth-order valence-electron chi connectivity index (χ4n) is 1.32. The van der Waals surface area contributed by atoms with E-state index in [1.54, 1.807) is 0 Å². The van der Waals surface area contributed by atoms with Gasteiger partial charge in [0.25, 0.3) is 0 Å². The molecule has 0 heterocycles. The molecule has 1 rings (SSSR count). The first kappa shape index (κ1) is 17.2. The average Bonchev–Trinajstić information content (AvgIpc) is 2.26. The van der Waals surface area contributed by atoms with E-state index >= 15 is 0 Å². The van der Waals surface area contributed by atoms with E-state index < -0.39 is 12.2 Å². The van der Waals surface area contributed by atoms with Crippen LogP contribution in [0.2, 0.25) is 5.02 Å². The molecule has 0 saturated heterocycles. The second-order valence-corrected chi connectivity index (χ2v) is 3.60. The zero-order chi connectivity index (χ0) is 13.2. The minimum absolute atomic E-state index is 0. The van der Waals surface area contributed by atoms with Gasteiger partial charge in [-0.3, -0.25) is 0 Å². The van der Waals surface area contributed by atoms with E-state index in [0.29, 0.717) is 0 Å². The van der Waals surface area contributed by atoms with Crippen molar-refractivity contribution in [2.45, 2.75) is 12.2 Å². The molecule has 3 nitrogen and oxygen atoms in total. The van der Waals surface area contributed by atoms with Gasteiger partial charge in [-0.1, -0.05) is 17.7 Å². The molecule has 0 unspecified atom stereocenters. The number of benzene rings is 1. The summed E-state index contributed by atoms with van der Waals surface area (Å²) in [4.78, 5) is 0. The third kappa shape index (κ3) is 3.34. The van der Waals surface area contributed by atoms with Crippen LogP contribution in [0.1, 0.15) is 11.6 Å². The maximum Gasteiger partial charge on any atom is 0.407 e. The van der Waals surface area contributed by atoms with Crippen molar-refractivity contribution in [2.75, 3.05) is 14.2 Å². The van der Waals surface area contributed by atoms with Crippen LogP contribution in [0.3, 0.4) is 0 Å². The summed E-state index contributed by atoms with van der Waals surface area (Å²) in [6.07, 6.45) is -4.57. The zero-order valence-corrected chi connectivity index (χ0v) is 11.1. The number of halogens is 5. The van der Waals surface area contributed by atoms with Crippen molar-refractivity contribution in [3.8, 4) is 11.5 Å². The number of hydrogen-bond donors (Lipinski definition) is 1. The second kappa shape index (κ2) is 6.36. The lowest BCUT2D eigenvalue weighted by Crippen LogP contribution is -2.28. The van der Waals surface area contributed by atoms with E-state index in [0.717, 1.165) is 0 Å². The molecule has 0 aromatic heterocycles. The normalized spacial score (nSPS) is 12.6. The molecule has 2 N–H and O–H groups in total. The van der Waals surface area contributed by atoms with Gasteiger partial charge in [0.1, 0.15) is 6.04 Å². The highest BCUT2D eigenvalue weighted by atomic mass is 35.5. The molecule has 0 aliphatic rings. The smallest absolute Gasteiger partial charge is 0.407 e. The Kier molecular flexibility index (Phi) is 6.06. The van der Waals surface area contributed by atoms with Crippen molar-refractivity contribution < 1.29 is 22.6 Å². The summed E-state index contributed by atoms with van der Waals surface area (Å²) in [6.45, 7) is 0. The number of ether oxygens (including phenoxy) is 2. The van der Waals surface area contributed by atoms with Crippen LogP contribution < -0.4 is 15.2 Å². The highest BCUT2D eigenvalue weighted by molar-refractivity contribution is 6.33. The molecule has 0 bridgehead atoms. The molecule has 18 heavy (non-hydrogen) atoms. The quantitative estimate of drug-likeness (QED) is 0.931. The Hall–Kier alpha value is -0.850. The monoisotopic (exact) mass is 305 g/mol. The molecular weight excluding hydrogens is 294 g/mol. The van der Waals surface area contributed by atoms with Gasteiger partial charge >= 0.3 is 6.18 Å². The van der Waals surface area contributed by atoms with Crippen molar-refractivity contribution >= 4 is 24.0 Å². The third-order valence-electron chi connectivity index (χ3n) is 2.20. The van der Waals surface area contributed by atoms with Crippen LogP contribution in [0, 0.1) is 0 Å². The number of nitrogens with two attached hydrogens (primary N) is 1. The van der Waals surface area contributed by atoms with Gasteiger partial charge in [-0.25, -0.2) is 0 Å². The Bertz CT molecular complexity index is 413. The van der Waals surface area contributed by atoms with Crippen LogP contribution in [0.25, 0.3) is 0 Å². The summed E-state index contributed by atoms with van der Waals surface area (Å²) in [5, 5.41) is -0.198. The summed E-state index contributed by atoms with van der Waals surface area (Å²) in [5.74, 6) is 0.280. The summed E-state index contributed by atoms with van der Waals surface area (Å²) in [6, 6.07) is 0.336. The molecule has 0 aliphatic carbocycles. The van der Waals surface area contributed by atoms with E-state index in [2.05, 4.69) is 0 Å². The molecule has 1 atom stereocenters. The summed E-state index contributed by atoms with van der Waals surface area (Å²) in [5.41, 5.74) is 4.83. The molecule has 1 aromatic carbocycles. The number of alkyl halides is 3. The largest absolute Gasteiger partial charge is 0.493 e. The maximum absolute atomic E-state index is 12.5. The van der Waals surface area contributed by atoms with Crippen LogP contribution in [0.5, 0.6) is 11.5 Å². The first-order valence-electron chi connectivity index (χ1n) is 4.55. The molecule has 1 aromatic rings.